The Hall–Kier alpha value is -2.99. The molecule has 1 heterocycles. The van der Waals surface area contributed by atoms with E-state index in [-0.39, 0.29) is 11.9 Å². The minimum Gasteiger partial charge on any atom is -0.497 e. The fourth-order valence-corrected chi connectivity index (χ4v) is 2.85. The summed E-state index contributed by atoms with van der Waals surface area (Å²) in [4.78, 5) is 12.5. The van der Waals surface area contributed by atoms with Gasteiger partial charge in [-0.15, -0.1) is 0 Å². The molecular formula is C20H20ClN3O3. The number of nitrogens with one attached hydrogen (secondary N) is 1. The second kappa shape index (κ2) is 8.60. The van der Waals surface area contributed by atoms with Gasteiger partial charge in [0.1, 0.15) is 11.5 Å². The summed E-state index contributed by atoms with van der Waals surface area (Å²) in [6.45, 7) is 0.356. The smallest absolute Gasteiger partial charge is 0.251 e. The molecule has 3 rings (SSSR count). The molecule has 0 fully saturated rings. The van der Waals surface area contributed by atoms with Crippen molar-refractivity contribution < 1.29 is 14.3 Å². The molecule has 1 atom stereocenters. The summed E-state index contributed by atoms with van der Waals surface area (Å²) >= 11 is 6.02. The lowest BCUT2D eigenvalue weighted by Crippen LogP contribution is -2.31. The maximum atomic E-state index is 12.5. The monoisotopic (exact) mass is 385 g/mol. The highest BCUT2D eigenvalue weighted by Crippen LogP contribution is 2.22. The Morgan fingerprint density at radius 3 is 2.19 bits per heavy atom. The largest absolute Gasteiger partial charge is 0.497 e. The van der Waals surface area contributed by atoms with E-state index in [9.17, 15) is 4.79 Å². The van der Waals surface area contributed by atoms with E-state index in [2.05, 4.69) is 10.4 Å². The molecule has 0 aliphatic carbocycles. The van der Waals surface area contributed by atoms with Gasteiger partial charge in [-0.25, -0.2) is 0 Å². The molecule has 1 N–H and O–H groups in total. The van der Waals surface area contributed by atoms with Crippen LogP contribution in [0.3, 0.4) is 0 Å². The SMILES string of the molecule is COc1ccc(C(=O)NCC(c2ccc(OC)cc2)n2cc(Cl)cn2)cc1. The van der Waals surface area contributed by atoms with Gasteiger partial charge < -0.3 is 14.8 Å². The summed E-state index contributed by atoms with van der Waals surface area (Å²) < 4.78 is 12.1. The quantitative estimate of drug-likeness (QED) is 0.675. The van der Waals surface area contributed by atoms with Gasteiger partial charge in [-0.1, -0.05) is 23.7 Å². The first-order chi connectivity index (χ1) is 13.1. The molecule has 1 unspecified atom stereocenters. The van der Waals surface area contributed by atoms with Crippen LogP contribution >= 0.6 is 11.6 Å². The van der Waals surface area contributed by atoms with Crippen molar-refractivity contribution in [1.82, 2.24) is 15.1 Å². The molecule has 0 aliphatic rings. The molecule has 0 saturated heterocycles. The van der Waals surface area contributed by atoms with Crippen molar-refractivity contribution in [3.05, 3.63) is 77.1 Å². The first-order valence-corrected chi connectivity index (χ1v) is 8.74. The molecule has 6 nitrogen and oxygen atoms in total. The minimum absolute atomic E-state index is 0.172. The maximum absolute atomic E-state index is 12.5. The van der Waals surface area contributed by atoms with Gasteiger partial charge in [-0.3, -0.25) is 9.48 Å². The number of amides is 1. The van der Waals surface area contributed by atoms with Crippen LogP contribution in [0, 0.1) is 0 Å². The molecule has 1 amide bonds. The van der Waals surface area contributed by atoms with E-state index in [0.717, 1.165) is 11.3 Å². The molecule has 27 heavy (non-hydrogen) atoms. The molecule has 7 heteroatoms. The minimum atomic E-state index is -0.203. The standard InChI is InChI=1S/C20H20ClN3O3/c1-26-17-7-3-14(4-8-17)19(24-13-16(21)11-23-24)12-22-20(25)15-5-9-18(27-2)10-6-15/h3-11,13,19H,12H2,1-2H3,(H,22,25). The Bertz CT molecular complexity index is 892. The van der Waals surface area contributed by atoms with E-state index in [4.69, 9.17) is 21.1 Å². The van der Waals surface area contributed by atoms with Crippen molar-refractivity contribution in [3.8, 4) is 11.5 Å². The number of nitrogens with zero attached hydrogens (tertiary/aromatic N) is 2. The number of hydrogen-bond acceptors (Lipinski definition) is 4. The lowest BCUT2D eigenvalue weighted by molar-refractivity contribution is 0.0949. The molecule has 0 spiro atoms. The third-order valence-corrected chi connectivity index (χ3v) is 4.39. The van der Waals surface area contributed by atoms with Gasteiger partial charge in [-0.05, 0) is 42.0 Å². The zero-order valence-corrected chi connectivity index (χ0v) is 15.8. The van der Waals surface area contributed by atoms with Crippen LogP contribution in [-0.4, -0.2) is 36.5 Å². The first-order valence-electron chi connectivity index (χ1n) is 8.36. The van der Waals surface area contributed by atoms with Crippen LogP contribution < -0.4 is 14.8 Å². The van der Waals surface area contributed by atoms with E-state index < -0.39 is 0 Å². The summed E-state index contributed by atoms with van der Waals surface area (Å²) in [5.74, 6) is 1.29. The van der Waals surface area contributed by atoms with Crippen molar-refractivity contribution in [1.29, 1.82) is 0 Å². The number of aromatic nitrogens is 2. The maximum Gasteiger partial charge on any atom is 0.251 e. The topological polar surface area (TPSA) is 65.4 Å². The molecular weight excluding hydrogens is 366 g/mol. The van der Waals surface area contributed by atoms with Crippen molar-refractivity contribution in [2.75, 3.05) is 20.8 Å². The molecule has 0 saturated carbocycles. The van der Waals surface area contributed by atoms with Crippen LogP contribution in [-0.2, 0) is 0 Å². The van der Waals surface area contributed by atoms with Gasteiger partial charge in [0.25, 0.3) is 5.91 Å². The predicted molar refractivity (Wildman–Crippen MR) is 104 cm³/mol. The second-order valence-electron chi connectivity index (χ2n) is 5.87. The number of halogens is 1. The summed E-state index contributed by atoms with van der Waals surface area (Å²) in [7, 11) is 3.21. The van der Waals surface area contributed by atoms with Gasteiger partial charge >= 0.3 is 0 Å². The Morgan fingerprint density at radius 1 is 1.07 bits per heavy atom. The molecule has 0 aliphatic heterocycles. The molecule has 140 valence electrons. The molecule has 2 aromatic carbocycles. The number of rotatable bonds is 7. The van der Waals surface area contributed by atoms with Gasteiger partial charge in [0.2, 0.25) is 0 Å². The van der Waals surface area contributed by atoms with Gasteiger partial charge in [0.05, 0.1) is 31.5 Å². The Morgan fingerprint density at radius 2 is 1.67 bits per heavy atom. The van der Waals surface area contributed by atoms with Crippen molar-refractivity contribution in [2.24, 2.45) is 0 Å². The lowest BCUT2D eigenvalue weighted by Gasteiger charge is -2.19. The highest BCUT2D eigenvalue weighted by atomic mass is 35.5. The van der Waals surface area contributed by atoms with E-state index in [1.807, 2.05) is 24.3 Å². The number of hydrogen-bond donors (Lipinski definition) is 1. The normalized spacial score (nSPS) is 11.7. The fourth-order valence-electron chi connectivity index (χ4n) is 2.71. The highest BCUT2D eigenvalue weighted by Gasteiger charge is 2.17. The number of carbonyl (C=O) groups is 1. The van der Waals surface area contributed by atoms with Crippen molar-refractivity contribution in [3.63, 3.8) is 0 Å². The summed E-state index contributed by atoms with van der Waals surface area (Å²) in [5, 5.41) is 7.79. The molecule has 0 bridgehead atoms. The van der Waals surface area contributed by atoms with Crippen LogP contribution in [0.2, 0.25) is 5.02 Å². The van der Waals surface area contributed by atoms with Gasteiger partial charge in [0.15, 0.2) is 0 Å². The Labute approximate surface area is 162 Å². The fraction of sp³-hybridized carbons (Fsp3) is 0.200. The second-order valence-corrected chi connectivity index (χ2v) is 6.30. The van der Waals surface area contributed by atoms with Crippen molar-refractivity contribution >= 4 is 17.5 Å². The highest BCUT2D eigenvalue weighted by molar-refractivity contribution is 6.30. The van der Waals surface area contributed by atoms with Crippen LogP contribution in [0.25, 0.3) is 0 Å². The van der Waals surface area contributed by atoms with Gasteiger partial charge in [-0.2, -0.15) is 5.10 Å². The van der Waals surface area contributed by atoms with Crippen molar-refractivity contribution in [2.45, 2.75) is 6.04 Å². The predicted octanol–water partition coefficient (Wildman–Crippen LogP) is 3.57. The number of methoxy groups -OCH3 is 2. The summed E-state index contributed by atoms with van der Waals surface area (Å²) in [6.07, 6.45) is 3.30. The number of benzene rings is 2. The Balaban J connectivity index is 1.77. The third-order valence-electron chi connectivity index (χ3n) is 4.20. The average molecular weight is 386 g/mol. The lowest BCUT2D eigenvalue weighted by atomic mass is 10.1. The van der Waals surface area contributed by atoms with Crippen LogP contribution in [0.5, 0.6) is 11.5 Å². The van der Waals surface area contributed by atoms with E-state index >= 15 is 0 Å². The first kappa shape index (κ1) is 18.8. The van der Waals surface area contributed by atoms with Crippen LogP contribution in [0.1, 0.15) is 22.0 Å². The summed E-state index contributed by atoms with van der Waals surface area (Å²) in [6, 6.07) is 14.4. The van der Waals surface area contributed by atoms with E-state index in [1.54, 1.807) is 55.6 Å². The molecule has 3 aromatic rings. The number of carbonyl (C=O) groups excluding carboxylic acids is 1. The zero-order chi connectivity index (χ0) is 19.2. The number of ether oxygens (including phenoxy) is 2. The van der Waals surface area contributed by atoms with Gasteiger partial charge in [0, 0.05) is 18.3 Å². The third kappa shape index (κ3) is 4.60. The summed E-state index contributed by atoms with van der Waals surface area (Å²) in [5.41, 5.74) is 1.54. The molecule has 0 radical (unpaired) electrons. The average Bonchev–Trinajstić information content (AvgIpc) is 3.14. The Kier molecular flexibility index (Phi) is 5.98. The van der Waals surface area contributed by atoms with E-state index in [0.29, 0.717) is 22.9 Å². The van der Waals surface area contributed by atoms with Crippen LogP contribution in [0.4, 0.5) is 0 Å². The molecule has 1 aromatic heterocycles. The van der Waals surface area contributed by atoms with E-state index in [1.165, 1.54) is 0 Å². The zero-order valence-electron chi connectivity index (χ0n) is 15.1. The van der Waals surface area contributed by atoms with Crippen LogP contribution in [0.15, 0.2) is 60.9 Å².